The minimum atomic E-state index is 0.565. The van der Waals surface area contributed by atoms with Crippen molar-refractivity contribution in [2.75, 3.05) is 0 Å². The molecule has 0 amide bonds. The molecule has 0 heterocycles. The topological polar surface area (TPSA) is 0 Å². The van der Waals surface area contributed by atoms with Gasteiger partial charge in [-0.1, -0.05) is 66.5 Å². The molecule has 0 radical (unpaired) electrons. The van der Waals surface area contributed by atoms with Crippen LogP contribution in [0.1, 0.15) is 69.2 Å². The lowest BCUT2D eigenvalue weighted by Gasteiger charge is -2.32. The Balaban J connectivity index is 0.000000581. The first-order valence-corrected chi connectivity index (χ1v) is 7.60. The summed E-state index contributed by atoms with van der Waals surface area (Å²) in [5.41, 5.74) is 3.92. The Morgan fingerprint density at radius 1 is 0.882 bits per heavy atom. The van der Waals surface area contributed by atoms with Gasteiger partial charge in [0.1, 0.15) is 0 Å². The van der Waals surface area contributed by atoms with Crippen LogP contribution in [0.3, 0.4) is 0 Å². The van der Waals surface area contributed by atoms with Crippen LogP contribution in [0.4, 0.5) is 0 Å². The molecule has 5 unspecified atom stereocenters. The predicted octanol–water partition coefficient (Wildman–Crippen LogP) is 5.93. The summed E-state index contributed by atoms with van der Waals surface area (Å²) in [6, 6.07) is 0. The van der Waals surface area contributed by atoms with Gasteiger partial charge < -0.3 is 0 Å². The fourth-order valence-corrected chi connectivity index (χ4v) is 3.83. The summed E-state index contributed by atoms with van der Waals surface area (Å²) in [5, 5.41) is 0. The summed E-state index contributed by atoms with van der Waals surface area (Å²) in [5.74, 6) is 3.58. The van der Waals surface area contributed by atoms with E-state index < -0.39 is 0 Å². The predicted molar refractivity (Wildman–Crippen MR) is 80.2 cm³/mol. The maximum absolute atomic E-state index is 2.46. The quantitative estimate of drug-likeness (QED) is 0.459. The third-order valence-corrected chi connectivity index (χ3v) is 5.51. The van der Waals surface area contributed by atoms with Gasteiger partial charge in [0.05, 0.1) is 0 Å². The summed E-state index contributed by atoms with van der Waals surface area (Å²) in [6.07, 6.45) is 0. The van der Waals surface area contributed by atoms with Crippen LogP contribution in [0.5, 0.6) is 0 Å². The molecule has 0 spiro atoms. The second-order valence-electron chi connectivity index (χ2n) is 5.55. The number of allylic oxidation sites excluding steroid dienone is 2. The smallest absolute Gasteiger partial charge is 0.00540 e. The van der Waals surface area contributed by atoms with E-state index in [1.165, 1.54) is 0 Å². The Labute approximate surface area is 110 Å². The van der Waals surface area contributed by atoms with E-state index in [4.69, 9.17) is 0 Å². The maximum Gasteiger partial charge on any atom is -0.00540 e. The van der Waals surface area contributed by atoms with Gasteiger partial charge in [0.2, 0.25) is 0 Å². The Morgan fingerprint density at radius 3 is 1.71 bits per heavy atom. The van der Waals surface area contributed by atoms with E-state index in [9.17, 15) is 0 Å². The third-order valence-electron chi connectivity index (χ3n) is 5.51. The summed E-state index contributed by atoms with van der Waals surface area (Å²) in [7, 11) is 0. The molecule has 0 N–H and O–H groups in total. The molecule has 17 heavy (non-hydrogen) atoms. The minimum absolute atomic E-state index is 0.565. The molecule has 2 aliphatic rings. The van der Waals surface area contributed by atoms with E-state index in [0.717, 1.165) is 23.7 Å². The van der Waals surface area contributed by atoms with Gasteiger partial charge in [0.15, 0.2) is 0 Å². The Morgan fingerprint density at radius 2 is 1.29 bits per heavy atom. The van der Waals surface area contributed by atoms with Crippen LogP contribution in [-0.2, 0) is 0 Å². The van der Waals surface area contributed by atoms with Crippen molar-refractivity contribution in [3.63, 3.8) is 0 Å². The molecular weight excluding hydrogens is 204 g/mol. The van der Waals surface area contributed by atoms with Gasteiger partial charge in [-0.25, -0.2) is 0 Å². The first-order chi connectivity index (χ1) is 7.92. The van der Waals surface area contributed by atoms with Crippen molar-refractivity contribution in [1.29, 1.82) is 0 Å². The summed E-state index contributed by atoms with van der Waals surface area (Å²) >= 11 is 0. The lowest BCUT2D eigenvalue weighted by molar-refractivity contribution is 0.317. The molecule has 0 heteroatoms. The van der Waals surface area contributed by atoms with E-state index in [2.05, 4.69) is 41.5 Å². The monoisotopic (exact) mass is 238 g/mol. The van der Waals surface area contributed by atoms with E-state index >= 15 is 0 Å². The van der Waals surface area contributed by atoms with Gasteiger partial charge in [0.25, 0.3) is 0 Å². The maximum atomic E-state index is 2.46. The van der Waals surface area contributed by atoms with Crippen LogP contribution in [0.2, 0.25) is 0 Å². The highest BCUT2D eigenvalue weighted by Crippen LogP contribution is 2.70. The fraction of sp³-hybridized carbons (Fsp3) is 0.882. The average Bonchev–Trinajstić information content (AvgIpc) is 2.93. The molecule has 0 aliphatic heterocycles. The lowest BCUT2D eigenvalue weighted by Crippen LogP contribution is -2.22. The highest BCUT2D eigenvalue weighted by molar-refractivity contribution is 5.35. The van der Waals surface area contributed by atoms with E-state index in [-0.39, 0.29) is 0 Å². The Hall–Kier alpha value is -0.260. The largest absolute Gasteiger partial charge is 0.0707 e. The molecule has 0 bridgehead atoms. The third kappa shape index (κ3) is 2.33. The average molecular weight is 238 g/mol. The van der Waals surface area contributed by atoms with Crippen LogP contribution in [0, 0.1) is 29.1 Å². The molecule has 0 saturated heterocycles. The number of hydrogen-bond donors (Lipinski definition) is 0. The van der Waals surface area contributed by atoms with Crippen molar-refractivity contribution >= 4 is 0 Å². The summed E-state index contributed by atoms with van der Waals surface area (Å²) in [6.45, 7) is 22.4. The van der Waals surface area contributed by atoms with E-state index in [0.29, 0.717) is 5.41 Å². The van der Waals surface area contributed by atoms with E-state index in [1.807, 2.05) is 27.7 Å². The molecule has 102 valence electrons. The molecule has 2 rings (SSSR count). The van der Waals surface area contributed by atoms with Crippen molar-refractivity contribution in [1.82, 2.24) is 0 Å². The van der Waals surface area contributed by atoms with Crippen molar-refractivity contribution in [2.24, 2.45) is 29.1 Å². The SMILES string of the molecule is CC.CC.CC1=C(C)C2(C)C(C)C2C(C)C1C. The number of hydrogen-bond acceptors (Lipinski definition) is 0. The van der Waals surface area contributed by atoms with Crippen LogP contribution < -0.4 is 0 Å². The van der Waals surface area contributed by atoms with Crippen LogP contribution in [0.25, 0.3) is 0 Å². The molecule has 2 aliphatic carbocycles. The van der Waals surface area contributed by atoms with Gasteiger partial charge in [-0.15, -0.1) is 0 Å². The molecule has 0 aromatic heterocycles. The summed E-state index contributed by atoms with van der Waals surface area (Å²) in [4.78, 5) is 0. The first kappa shape index (κ1) is 16.7. The molecule has 1 saturated carbocycles. The Bertz CT molecular complexity index is 274. The van der Waals surface area contributed by atoms with Gasteiger partial charge >= 0.3 is 0 Å². The van der Waals surface area contributed by atoms with Crippen LogP contribution in [-0.4, -0.2) is 0 Å². The molecule has 0 nitrogen and oxygen atoms in total. The highest BCUT2D eigenvalue weighted by atomic mass is 14.7. The fourth-order valence-electron chi connectivity index (χ4n) is 3.83. The standard InChI is InChI=1S/C13H22.2C2H6/c1-7-8(2)10(4)13(6)11(5)12(13)9(7)3;2*1-2/h7,9,11-12H,1-6H3;2*1-2H3. The normalized spacial score (nSPS) is 42.7. The van der Waals surface area contributed by atoms with Crippen LogP contribution in [0.15, 0.2) is 11.1 Å². The highest BCUT2D eigenvalue weighted by Gasteiger charge is 2.64. The van der Waals surface area contributed by atoms with Crippen LogP contribution >= 0.6 is 0 Å². The van der Waals surface area contributed by atoms with Crippen molar-refractivity contribution in [3.8, 4) is 0 Å². The zero-order valence-corrected chi connectivity index (χ0v) is 13.8. The molecule has 0 aromatic carbocycles. The van der Waals surface area contributed by atoms with Crippen molar-refractivity contribution in [2.45, 2.75) is 69.2 Å². The second kappa shape index (κ2) is 6.07. The van der Waals surface area contributed by atoms with Gasteiger partial charge in [-0.3, -0.25) is 0 Å². The second-order valence-corrected chi connectivity index (χ2v) is 5.55. The molecule has 0 aromatic rings. The molecule has 1 fully saturated rings. The molecule has 5 atom stereocenters. The van der Waals surface area contributed by atoms with E-state index in [1.54, 1.807) is 11.1 Å². The Kier molecular flexibility index (Phi) is 5.98. The van der Waals surface area contributed by atoms with Gasteiger partial charge in [-0.05, 0) is 42.9 Å². The zero-order valence-electron chi connectivity index (χ0n) is 13.8. The number of rotatable bonds is 0. The minimum Gasteiger partial charge on any atom is -0.0707 e. The summed E-state index contributed by atoms with van der Waals surface area (Å²) < 4.78 is 0. The van der Waals surface area contributed by atoms with Crippen molar-refractivity contribution in [3.05, 3.63) is 11.1 Å². The molecular formula is C17H34. The lowest BCUT2D eigenvalue weighted by atomic mass is 9.73. The van der Waals surface area contributed by atoms with Gasteiger partial charge in [-0.2, -0.15) is 0 Å². The van der Waals surface area contributed by atoms with Gasteiger partial charge in [0, 0.05) is 0 Å². The zero-order chi connectivity index (χ0) is 14.0. The first-order valence-electron chi connectivity index (χ1n) is 7.60. The number of fused-ring (bicyclic) bond motifs is 1. The van der Waals surface area contributed by atoms with Crippen molar-refractivity contribution < 1.29 is 0 Å².